The zero-order chi connectivity index (χ0) is 11.5. The number of aliphatic hydroxyl groups excluding tert-OH is 1. The van der Waals surface area contributed by atoms with E-state index in [1.165, 1.54) is 0 Å². The molecule has 1 saturated carbocycles. The molecule has 2 unspecified atom stereocenters. The Kier molecular flexibility index (Phi) is 3.10. The standard InChI is InChI=1S/C12H15NO3/c13-12(15)8-4-6-9(7-5-8)16-11-3-1-2-10(11)14/h4-7,10-11,14H,1-3H2,(H2,13,15). The zero-order valence-corrected chi connectivity index (χ0v) is 8.93. The first-order valence-electron chi connectivity index (χ1n) is 5.41. The molecule has 16 heavy (non-hydrogen) atoms. The quantitative estimate of drug-likeness (QED) is 0.802. The summed E-state index contributed by atoms with van der Waals surface area (Å²) in [5.74, 6) is 0.211. The van der Waals surface area contributed by atoms with Crippen molar-refractivity contribution in [1.82, 2.24) is 0 Å². The predicted molar refractivity (Wildman–Crippen MR) is 59.2 cm³/mol. The second kappa shape index (κ2) is 4.53. The second-order valence-electron chi connectivity index (χ2n) is 4.04. The Bertz CT molecular complexity index is 374. The first-order chi connectivity index (χ1) is 7.66. The summed E-state index contributed by atoms with van der Waals surface area (Å²) in [4.78, 5) is 10.9. The highest BCUT2D eigenvalue weighted by Gasteiger charge is 2.26. The Morgan fingerprint density at radius 1 is 1.31 bits per heavy atom. The number of amides is 1. The summed E-state index contributed by atoms with van der Waals surface area (Å²) in [6.45, 7) is 0. The summed E-state index contributed by atoms with van der Waals surface area (Å²) in [7, 11) is 0. The maximum absolute atomic E-state index is 10.9. The number of hydrogen-bond acceptors (Lipinski definition) is 3. The van der Waals surface area contributed by atoms with Crippen LogP contribution in [-0.4, -0.2) is 23.2 Å². The summed E-state index contributed by atoms with van der Waals surface area (Å²) in [6.07, 6.45) is 2.16. The van der Waals surface area contributed by atoms with Gasteiger partial charge in [0.1, 0.15) is 11.9 Å². The molecule has 1 aromatic rings. The molecule has 4 heteroatoms. The van der Waals surface area contributed by atoms with Gasteiger partial charge in [-0.3, -0.25) is 4.79 Å². The number of rotatable bonds is 3. The molecule has 0 radical (unpaired) electrons. The van der Waals surface area contributed by atoms with E-state index in [1.807, 2.05) is 0 Å². The van der Waals surface area contributed by atoms with Gasteiger partial charge in [0.15, 0.2) is 0 Å². The van der Waals surface area contributed by atoms with E-state index < -0.39 is 5.91 Å². The van der Waals surface area contributed by atoms with Crippen molar-refractivity contribution in [3.8, 4) is 5.75 Å². The molecule has 1 aromatic carbocycles. The molecule has 4 nitrogen and oxygen atoms in total. The molecule has 86 valence electrons. The number of ether oxygens (including phenoxy) is 1. The van der Waals surface area contributed by atoms with Crippen LogP contribution in [0.1, 0.15) is 29.6 Å². The molecule has 2 rings (SSSR count). The van der Waals surface area contributed by atoms with Crippen molar-refractivity contribution >= 4 is 5.91 Å². The maximum atomic E-state index is 10.9. The number of aliphatic hydroxyl groups is 1. The van der Waals surface area contributed by atoms with E-state index >= 15 is 0 Å². The van der Waals surface area contributed by atoms with Gasteiger partial charge in [-0.2, -0.15) is 0 Å². The molecular weight excluding hydrogens is 206 g/mol. The highest BCUT2D eigenvalue weighted by atomic mass is 16.5. The molecule has 0 bridgehead atoms. The van der Waals surface area contributed by atoms with E-state index in [0.29, 0.717) is 11.3 Å². The lowest BCUT2D eigenvalue weighted by Gasteiger charge is -2.16. The summed E-state index contributed by atoms with van der Waals surface area (Å²) in [5.41, 5.74) is 5.59. The number of primary amides is 1. The van der Waals surface area contributed by atoms with Gasteiger partial charge in [0, 0.05) is 5.56 Å². The van der Waals surface area contributed by atoms with Gasteiger partial charge < -0.3 is 15.6 Å². The normalized spacial score (nSPS) is 24.3. The number of benzene rings is 1. The van der Waals surface area contributed by atoms with Gasteiger partial charge in [-0.25, -0.2) is 0 Å². The summed E-state index contributed by atoms with van der Waals surface area (Å²) in [5, 5.41) is 9.59. The lowest BCUT2D eigenvalue weighted by atomic mass is 10.2. The highest BCUT2D eigenvalue weighted by Crippen LogP contribution is 2.24. The number of carbonyl (C=O) groups is 1. The van der Waals surface area contributed by atoms with Crippen LogP contribution in [0.3, 0.4) is 0 Å². The Hall–Kier alpha value is -1.55. The molecule has 0 saturated heterocycles. The molecule has 1 fully saturated rings. The van der Waals surface area contributed by atoms with Gasteiger partial charge in [-0.05, 0) is 43.5 Å². The third kappa shape index (κ3) is 2.33. The monoisotopic (exact) mass is 221 g/mol. The van der Waals surface area contributed by atoms with Crippen LogP contribution >= 0.6 is 0 Å². The summed E-state index contributed by atoms with van der Waals surface area (Å²) >= 11 is 0. The third-order valence-corrected chi connectivity index (χ3v) is 2.84. The molecule has 1 aliphatic rings. The Labute approximate surface area is 94.0 Å². The molecule has 2 atom stereocenters. The second-order valence-corrected chi connectivity index (χ2v) is 4.04. The smallest absolute Gasteiger partial charge is 0.248 e. The number of nitrogens with two attached hydrogens (primary N) is 1. The van der Waals surface area contributed by atoms with Crippen molar-refractivity contribution in [2.75, 3.05) is 0 Å². The summed E-state index contributed by atoms with van der Waals surface area (Å²) < 4.78 is 5.62. The number of hydrogen-bond donors (Lipinski definition) is 2. The highest BCUT2D eigenvalue weighted by molar-refractivity contribution is 5.92. The zero-order valence-electron chi connectivity index (χ0n) is 8.93. The topological polar surface area (TPSA) is 72.6 Å². The average molecular weight is 221 g/mol. The van der Waals surface area contributed by atoms with Gasteiger partial charge >= 0.3 is 0 Å². The van der Waals surface area contributed by atoms with Gasteiger partial charge in [-0.1, -0.05) is 0 Å². The molecule has 0 aromatic heterocycles. The molecule has 0 spiro atoms. The Morgan fingerprint density at radius 2 is 2.00 bits per heavy atom. The van der Waals surface area contributed by atoms with Crippen LogP contribution in [0, 0.1) is 0 Å². The van der Waals surface area contributed by atoms with Crippen LogP contribution in [0.2, 0.25) is 0 Å². The lowest BCUT2D eigenvalue weighted by molar-refractivity contribution is 0.0604. The maximum Gasteiger partial charge on any atom is 0.248 e. The van der Waals surface area contributed by atoms with Crippen LogP contribution in [0.4, 0.5) is 0 Å². The van der Waals surface area contributed by atoms with Crippen LogP contribution in [0.5, 0.6) is 5.75 Å². The van der Waals surface area contributed by atoms with E-state index in [0.717, 1.165) is 19.3 Å². The molecular formula is C12H15NO3. The minimum atomic E-state index is -0.451. The van der Waals surface area contributed by atoms with Gasteiger partial charge in [0.25, 0.3) is 0 Å². The van der Waals surface area contributed by atoms with Crippen molar-refractivity contribution in [2.24, 2.45) is 5.73 Å². The molecule has 0 heterocycles. The SMILES string of the molecule is NC(=O)c1ccc(OC2CCCC2O)cc1. The molecule has 0 aliphatic heterocycles. The minimum absolute atomic E-state index is 0.126. The van der Waals surface area contributed by atoms with E-state index in [4.69, 9.17) is 10.5 Å². The fourth-order valence-electron chi connectivity index (χ4n) is 1.92. The fourth-order valence-corrected chi connectivity index (χ4v) is 1.92. The van der Waals surface area contributed by atoms with Crippen molar-refractivity contribution in [3.05, 3.63) is 29.8 Å². The van der Waals surface area contributed by atoms with E-state index in [-0.39, 0.29) is 12.2 Å². The molecule has 1 amide bonds. The Balaban J connectivity index is 2.02. The van der Waals surface area contributed by atoms with Crippen LogP contribution in [0.25, 0.3) is 0 Å². The summed E-state index contributed by atoms with van der Waals surface area (Å²) in [6, 6.07) is 6.65. The van der Waals surface area contributed by atoms with E-state index in [1.54, 1.807) is 24.3 Å². The van der Waals surface area contributed by atoms with E-state index in [2.05, 4.69) is 0 Å². The van der Waals surface area contributed by atoms with Crippen LogP contribution in [0.15, 0.2) is 24.3 Å². The molecule has 1 aliphatic carbocycles. The first kappa shape index (κ1) is 11.0. The van der Waals surface area contributed by atoms with E-state index in [9.17, 15) is 9.90 Å². The molecule has 3 N–H and O–H groups in total. The van der Waals surface area contributed by atoms with Gasteiger partial charge in [0.05, 0.1) is 6.10 Å². The first-order valence-corrected chi connectivity index (χ1v) is 5.41. The van der Waals surface area contributed by atoms with Gasteiger partial charge in [-0.15, -0.1) is 0 Å². The van der Waals surface area contributed by atoms with Crippen molar-refractivity contribution in [2.45, 2.75) is 31.5 Å². The largest absolute Gasteiger partial charge is 0.488 e. The fraction of sp³-hybridized carbons (Fsp3) is 0.417. The van der Waals surface area contributed by atoms with Crippen molar-refractivity contribution < 1.29 is 14.6 Å². The Morgan fingerprint density at radius 3 is 2.50 bits per heavy atom. The average Bonchev–Trinajstić information content (AvgIpc) is 2.65. The number of carbonyl (C=O) groups excluding carboxylic acids is 1. The van der Waals surface area contributed by atoms with Crippen molar-refractivity contribution in [1.29, 1.82) is 0 Å². The lowest BCUT2D eigenvalue weighted by Crippen LogP contribution is -2.25. The van der Waals surface area contributed by atoms with Crippen LogP contribution < -0.4 is 10.5 Å². The third-order valence-electron chi connectivity index (χ3n) is 2.84. The predicted octanol–water partition coefficient (Wildman–Crippen LogP) is 1.08. The van der Waals surface area contributed by atoms with Crippen molar-refractivity contribution in [3.63, 3.8) is 0 Å². The van der Waals surface area contributed by atoms with Crippen LogP contribution in [-0.2, 0) is 0 Å². The van der Waals surface area contributed by atoms with Gasteiger partial charge in [0.2, 0.25) is 5.91 Å². The minimum Gasteiger partial charge on any atom is -0.488 e.